The highest BCUT2D eigenvalue weighted by Gasteiger charge is 2.07. The van der Waals surface area contributed by atoms with E-state index in [4.69, 9.17) is 0 Å². The average molecular weight is 318 g/mol. The number of aryl methyl sites for hydroxylation is 2. The molecule has 1 N–H and O–H groups in total. The molecule has 2 aromatic rings. The summed E-state index contributed by atoms with van der Waals surface area (Å²) in [5.74, 6) is -0.0705. The van der Waals surface area contributed by atoms with E-state index in [9.17, 15) is 9.59 Å². The fraction of sp³-hybridized carbons (Fsp3) is 0.412. The van der Waals surface area contributed by atoms with Gasteiger partial charge in [0.1, 0.15) is 0 Å². The summed E-state index contributed by atoms with van der Waals surface area (Å²) in [6.45, 7) is 4.48. The summed E-state index contributed by atoms with van der Waals surface area (Å²) in [4.78, 5) is 23.5. The number of carbonyl (C=O) groups excluding carboxylic acids is 1. The number of hydrogen-bond acceptors (Lipinski definition) is 3. The standard InChI is InChI=1S/C17H22N2O2S/c1-3-4-5-14-6-8-15(9-7-14)18-16(20)10-11-19-13(2)12-22-17(19)21/h6-9,12H,3-5,10-11H2,1-2H3,(H,18,20). The minimum atomic E-state index is -0.0705. The molecule has 0 spiro atoms. The molecular weight excluding hydrogens is 296 g/mol. The maximum atomic E-state index is 12.0. The van der Waals surface area contributed by atoms with Gasteiger partial charge in [-0.3, -0.25) is 9.59 Å². The average Bonchev–Trinajstić information content (AvgIpc) is 2.83. The number of unbranched alkanes of at least 4 members (excludes halogenated alkanes) is 1. The summed E-state index contributed by atoms with van der Waals surface area (Å²) in [5.41, 5.74) is 3.00. The lowest BCUT2D eigenvalue weighted by atomic mass is 10.1. The predicted octanol–water partition coefficient (Wildman–Crippen LogP) is 3.59. The zero-order valence-electron chi connectivity index (χ0n) is 13.1. The van der Waals surface area contributed by atoms with Gasteiger partial charge in [0.05, 0.1) is 0 Å². The molecule has 0 saturated carbocycles. The van der Waals surface area contributed by atoms with E-state index in [0.29, 0.717) is 13.0 Å². The lowest BCUT2D eigenvalue weighted by Gasteiger charge is -2.07. The van der Waals surface area contributed by atoms with Crippen molar-refractivity contribution in [3.8, 4) is 0 Å². The van der Waals surface area contributed by atoms with E-state index < -0.39 is 0 Å². The van der Waals surface area contributed by atoms with E-state index in [1.165, 1.54) is 29.7 Å². The van der Waals surface area contributed by atoms with Gasteiger partial charge < -0.3 is 9.88 Å². The van der Waals surface area contributed by atoms with Crippen LogP contribution >= 0.6 is 11.3 Å². The third kappa shape index (κ3) is 4.56. The molecule has 22 heavy (non-hydrogen) atoms. The van der Waals surface area contributed by atoms with Crippen molar-refractivity contribution in [1.29, 1.82) is 0 Å². The van der Waals surface area contributed by atoms with E-state index in [1.807, 2.05) is 24.4 Å². The maximum absolute atomic E-state index is 12.0. The number of aromatic nitrogens is 1. The summed E-state index contributed by atoms with van der Waals surface area (Å²) in [7, 11) is 0. The first kappa shape index (κ1) is 16.5. The second kappa shape index (κ2) is 7.94. The van der Waals surface area contributed by atoms with Gasteiger partial charge >= 0.3 is 4.87 Å². The van der Waals surface area contributed by atoms with Gasteiger partial charge in [0.2, 0.25) is 5.91 Å². The molecule has 0 radical (unpaired) electrons. The van der Waals surface area contributed by atoms with Crippen molar-refractivity contribution in [3.63, 3.8) is 0 Å². The van der Waals surface area contributed by atoms with E-state index in [1.54, 1.807) is 4.57 Å². The molecule has 0 aliphatic rings. The van der Waals surface area contributed by atoms with E-state index in [0.717, 1.165) is 17.8 Å². The molecule has 1 aromatic heterocycles. The molecule has 0 atom stereocenters. The molecule has 0 bridgehead atoms. The highest BCUT2D eigenvalue weighted by molar-refractivity contribution is 7.07. The molecule has 1 aromatic carbocycles. The molecule has 0 aliphatic heterocycles. The van der Waals surface area contributed by atoms with Gasteiger partial charge in [-0.1, -0.05) is 36.8 Å². The molecule has 2 rings (SSSR count). The van der Waals surface area contributed by atoms with Crippen molar-refractivity contribution >= 4 is 22.9 Å². The Hall–Kier alpha value is -1.88. The van der Waals surface area contributed by atoms with Crippen molar-refractivity contribution < 1.29 is 4.79 Å². The second-order valence-electron chi connectivity index (χ2n) is 5.39. The maximum Gasteiger partial charge on any atom is 0.307 e. The molecule has 0 unspecified atom stereocenters. The van der Waals surface area contributed by atoms with Crippen LogP contribution in [0.15, 0.2) is 34.4 Å². The minimum absolute atomic E-state index is 0.00872. The summed E-state index contributed by atoms with van der Waals surface area (Å²) in [5, 5.41) is 4.69. The minimum Gasteiger partial charge on any atom is -0.326 e. The van der Waals surface area contributed by atoms with Gasteiger partial charge in [-0.05, 0) is 37.5 Å². The normalized spacial score (nSPS) is 10.6. The van der Waals surface area contributed by atoms with Gasteiger partial charge in [0.25, 0.3) is 0 Å². The summed E-state index contributed by atoms with van der Waals surface area (Å²) in [6, 6.07) is 7.98. The fourth-order valence-electron chi connectivity index (χ4n) is 2.25. The van der Waals surface area contributed by atoms with Gasteiger partial charge in [-0.15, -0.1) is 0 Å². The van der Waals surface area contributed by atoms with Crippen LogP contribution in [-0.4, -0.2) is 10.5 Å². The number of nitrogens with zero attached hydrogens (tertiary/aromatic N) is 1. The van der Waals surface area contributed by atoms with E-state index >= 15 is 0 Å². The van der Waals surface area contributed by atoms with Crippen molar-refractivity contribution in [1.82, 2.24) is 4.57 Å². The molecule has 4 nitrogen and oxygen atoms in total. The van der Waals surface area contributed by atoms with Crippen LogP contribution in [0.4, 0.5) is 5.69 Å². The van der Waals surface area contributed by atoms with E-state index in [-0.39, 0.29) is 10.8 Å². The van der Waals surface area contributed by atoms with Crippen LogP contribution in [0.25, 0.3) is 0 Å². The van der Waals surface area contributed by atoms with Gasteiger partial charge in [0, 0.05) is 29.7 Å². The smallest absolute Gasteiger partial charge is 0.307 e. The number of nitrogens with one attached hydrogen (secondary N) is 1. The fourth-order valence-corrected chi connectivity index (χ4v) is 3.01. The lowest BCUT2D eigenvalue weighted by molar-refractivity contribution is -0.116. The molecule has 5 heteroatoms. The van der Waals surface area contributed by atoms with Crippen LogP contribution in [0, 0.1) is 6.92 Å². The molecule has 1 amide bonds. The van der Waals surface area contributed by atoms with Crippen LogP contribution in [0.2, 0.25) is 0 Å². The Kier molecular flexibility index (Phi) is 5.95. The number of anilines is 1. The number of carbonyl (C=O) groups is 1. The Morgan fingerprint density at radius 1 is 1.27 bits per heavy atom. The van der Waals surface area contributed by atoms with Gasteiger partial charge in [0.15, 0.2) is 0 Å². The molecule has 1 heterocycles. The highest BCUT2D eigenvalue weighted by atomic mass is 32.1. The summed E-state index contributed by atoms with van der Waals surface area (Å²) in [6.07, 6.45) is 3.74. The van der Waals surface area contributed by atoms with Crippen molar-refractivity contribution in [2.45, 2.75) is 46.1 Å². The van der Waals surface area contributed by atoms with Crippen molar-refractivity contribution in [2.75, 3.05) is 5.32 Å². The zero-order valence-corrected chi connectivity index (χ0v) is 13.9. The first-order valence-corrected chi connectivity index (χ1v) is 8.52. The number of thiazole rings is 1. The third-order valence-electron chi connectivity index (χ3n) is 3.60. The Morgan fingerprint density at radius 3 is 2.59 bits per heavy atom. The lowest BCUT2D eigenvalue weighted by Crippen LogP contribution is -2.20. The summed E-state index contributed by atoms with van der Waals surface area (Å²) >= 11 is 1.17. The first-order valence-electron chi connectivity index (χ1n) is 7.64. The van der Waals surface area contributed by atoms with E-state index in [2.05, 4.69) is 24.4 Å². The molecule has 0 aliphatic carbocycles. The summed E-state index contributed by atoms with van der Waals surface area (Å²) < 4.78 is 1.64. The van der Waals surface area contributed by atoms with Crippen LogP contribution in [0.3, 0.4) is 0 Å². The predicted molar refractivity (Wildman–Crippen MR) is 91.6 cm³/mol. The Labute approximate surface area is 134 Å². The molecule has 0 fully saturated rings. The number of rotatable bonds is 7. The molecular formula is C17H22N2O2S. The Balaban J connectivity index is 1.85. The van der Waals surface area contributed by atoms with Gasteiger partial charge in [-0.2, -0.15) is 0 Å². The van der Waals surface area contributed by atoms with Crippen molar-refractivity contribution in [3.05, 3.63) is 50.6 Å². The Morgan fingerprint density at radius 2 is 2.00 bits per heavy atom. The number of hydrogen-bond donors (Lipinski definition) is 1. The number of benzene rings is 1. The van der Waals surface area contributed by atoms with Crippen LogP contribution in [-0.2, 0) is 17.8 Å². The van der Waals surface area contributed by atoms with Crippen LogP contribution in [0.5, 0.6) is 0 Å². The van der Waals surface area contributed by atoms with Crippen LogP contribution in [0.1, 0.15) is 37.4 Å². The third-order valence-corrected chi connectivity index (χ3v) is 4.48. The highest BCUT2D eigenvalue weighted by Crippen LogP contribution is 2.12. The quantitative estimate of drug-likeness (QED) is 0.848. The largest absolute Gasteiger partial charge is 0.326 e. The Bertz CT molecular complexity index is 671. The first-order chi connectivity index (χ1) is 10.6. The monoisotopic (exact) mass is 318 g/mol. The second-order valence-corrected chi connectivity index (χ2v) is 6.21. The molecule has 0 saturated heterocycles. The topological polar surface area (TPSA) is 51.1 Å². The van der Waals surface area contributed by atoms with Crippen molar-refractivity contribution in [2.24, 2.45) is 0 Å². The van der Waals surface area contributed by atoms with Crippen LogP contribution < -0.4 is 10.2 Å². The SMILES string of the molecule is CCCCc1ccc(NC(=O)CCn2c(C)csc2=O)cc1. The number of amides is 1. The molecule has 118 valence electrons. The zero-order chi connectivity index (χ0) is 15.9. The van der Waals surface area contributed by atoms with Gasteiger partial charge in [-0.25, -0.2) is 0 Å².